The molecule has 0 aliphatic carbocycles. The van der Waals surface area contributed by atoms with Gasteiger partial charge in [-0.1, -0.05) is 24.8 Å². The lowest BCUT2D eigenvalue weighted by Crippen LogP contribution is -2.48. The van der Waals surface area contributed by atoms with Gasteiger partial charge in [-0.3, -0.25) is 9.69 Å². The number of amides is 3. The minimum Gasteiger partial charge on any atom is -0.369 e. The van der Waals surface area contributed by atoms with Crippen LogP contribution in [0.25, 0.3) is 0 Å². The predicted molar refractivity (Wildman–Crippen MR) is 84.5 cm³/mol. The number of carbonyl (C=O) groups excluding carboxylic acids is 2. The van der Waals surface area contributed by atoms with E-state index in [1.807, 2.05) is 18.2 Å². The zero-order valence-corrected chi connectivity index (χ0v) is 12.5. The fourth-order valence-electron chi connectivity index (χ4n) is 2.87. The zero-order valence-electron chi connectivity index (χ0n) is 12.5. The summed E-state index contributed by atoms with van der Waals surface area (Å²) < 4.78 is 0. The van der Waals surface area contributed by atoms with Gasteiger partial charge in [0.25, 0.3) is 5.91 Å². The van der Waals surface area contributed by atoms with Crippen molar-refractivity contribution < 1.29 is 9.59 Å². The van der Waals surface area contributed by atoms with Gasteiger partial charge in [-0.05, 0) is 12.1 Å². The van der Waals surface area contributed by atoms with Crippen LogP contribution < -0.4 is 10.2 Å². The molecule has 0 spiro atoms. The van der Waals surface area contributed by atoms with Crippen molar-refractivity contribution in [1.82, 2.24) is 15.1 Å². The van der Waals surface area contributed by atoms with Crippen LogP contribution in [0, 0.1) is 0 Å². The molecule has 2 fully saturated rings. The van der Waals surface area contributed by atoms with Crippen LogP contribution in [0.4, 0.5) is 10.5 Å². The molecular formula is C16H20N4O2. The summed E-state index contributed by atoms with van der Waals surface area (Å²) in [6.45, 7) is 8.14. The Balaban J connectivity index is 1.53. The molecule has 1 aromatic carbocycles. The lowest BCUT2D eigenvalue weighted by molar-refractivity contribution is -0.123. The fraction of sp³-hybridized carbons (Fsp3) is 0.375. The van der Waals surface area contributed by atoms with Gasteiger partial charge in [0, 0.05) is 44.1 Å². The second-order valence-corrected chi connectivity index (χ2v) is 5.55. The number of urea groups is 1. The van der Waals surface area contributed by atoms with Gasteiger partial charge in [0.15, 0.2) is 0 Å². The molecule has 6 nitrogen and oxygen atoms in total. The molecule has 0 aromatic heterocycles. The lowest BCUT2D eigenvalue weighted by atomic mass is 10.2. The highest BCUT2D eigenvalue weighted by Crippen LogP contribution is 2.17. The number of rotatable bonds is 4. The van der Waals surface area contributed by atoms with Gasteiger partial charge in [-0.15, -0.1) is 0 Å². The summed E-state index contributed by atoms with van der Waals surface area (Å²) in [4.78, 5) is 29.0. The average molecular weight is 300 g/mol. The summed E-state index contributed by atoms with van der Waals surface area (Å²) >= 11 is 0. The number of nitrogens with one attached hydrogen (secondary N) is 1. The standard InChI is InChI=1S/C16H20N4O2/c1-13(20-15(21)11-17-16(20)22)12-18-7-9-19(10-8-18)14-5-3-2-4-6-14/h2-6H,1,7-12H2,(H,17,22). The lowest BCUT2D eigenvalue weighted by Gasteiger charge is -2.36. The zero-order chi connectivity index (χ0) is 15.5. The van der Waals surface area contributed by atoms with E-state index in [9.17, 15) is 9.59 Å². The van der Waals surface area contributed by atoms with Crippen LogP contribution in [-0.2, 0) is 4.79 Å². The van der Waals surface area contributed by atoms with E-state index < -0.39 is 0 Å². The molecule has 0 radical (unpaired) electrons. The summed E-state index contributed by atoms with van der Waals surface area (Å²) in [5.41, 5.74) is 1.78. The number of nitrogens with zero attached hydrogens (tertiary/aromatic N) is 3. The first-order chi connectivity index (χ1) is 10.6. The number of piperazine rings is 1. The normalized spacial score (nSPS) is 19.5. The molecule has 0 atom stereocenters. The molecule has 2 aliphatic heterocycles. The van der Waals surface area contributed by atoms with Crippen LogP contribution in [0.3, 0.4) is 0 Å². The maximum absolute atomic E-state index is 11.7. The summed E-state index contributed by atoms with van der Waals surface area (Å²) in [6, 6.07) is 9.96. The fourth-order valence-corrected chi connectivity index (χ4v) is 2.87. The van der Waals surface area contributed by atoms with Gasteiger partial charge in [-0.25, -0.2) is 9.69 Å². The highest BCUT2D eigenvalue weighted by Gasteiger charge is 2.31. The van der Waals surface area contributed by atoms with Gasteiger partial charge in [-0.2, -0.15) is 0 Å². The summed E-state index contributed by atoms with van der Waals surface area (Å²) in [5, 5.41) is 2.52. The molecular weight excluding hydrogens is 280 g/mol. The number of hydrogen-bond acceptors (Lipinski definition) is 4. The van der Waals surface area contributed by atoms with Crippen LogP contribution in [0.2, 0.25) is 0 Å². The largest absolute Gasteiger partial charge is 0.369 e. The maximum atomic E-state index is 11.7. The molecule has 1 N–H and O–H groups in total. The van der Waals surface area contributed by atoms with Crippen molar-refractivity contribution in [3.8, 4) is 0 Å². The Morgan fingerprint density at radius 1 is 1.09 bits per heavy atom. The van der Waals surface area contributed by atoms with Crippen molar-refractivity contribution in [2.24, 2.45) is 0 Å². The number of anilines is 1. The molecule has 2 aliphatic rings. The van der Waals surface area contributed by atoms with Crippen LogP contribution in [0.1, 0.15) is 0 Å². The monoisotopic (exact) mass is 300 g/mol. The Kier molecular flexibility index (Phi) is 4.11. The van der Waals surface area contributed by atoms with Crippen molar-refractivity contribution in [2.45, 2.75) is 0 Å². The molecule has 22 heavy (non-hydrogen) atoms. The van der Waals surface area contributed by atoms with E-state index in [0.29, 0.717) is 12.2 Å². The Morgan fingerprint density at radius 2 is 1.77 bits per heavy atom. The number of imide groups is 1. The van der Waals surface area contributed by atoms with Crippen molar-refractivity contribution in [3.05, 3.63) is 42.6 Å². The molecule has 2 saturated heterocycles. The molecule has 3 amide bonds. The first-order valence-corrected chi connectivity index (χ1v) is 7.46. The van der Waals surface area contributed by atoms with Gasteiger partial charge >= 0.3 is 6.03 Å². The number of benzene rings is 1. The minimum absolute atomic E-state index is 0.0691. The topological polar surface area (TPSA) is 55.9 Å². The molecule has 0 bridgehead atoms. The van der Waals surface area contributed by atoms with E-state index in [2.05, 4.69) is 33.8 Å². The average Bonchev–Trinajstić information content (AvgIpc) is 2.88. The number of carbonyl (C=O) groups is 2. The summed E-state index contributed by atoms with van der Waals surface area (Å²) in [7, 11) is 0. The maximum Gasteiger partial charge on any atom is 0.329 e. The third-order valence-corrected chi connectivity index (χ3v) is 4.06. The van der Waals surface area contributed by atoms with Crippen LogP contribution in [0.15, 0.2) is 42.6 Å². The second-order valence-electron chi connectivity index (χ2n) is 5.55. The number of para-hydroxylation sites is 1. The van der Waals surface area contributed by atoms with Crippen molar-refractivity contribution in [2.75, 3.05) is 44.2 Å². The smallest absolute Gasteiger partial charge is 0.329 e. The quantitative estimate of drug-likeness (QED) is 0.839. The van der Waals surface area contributed by atoms with Crippen molar-refractivity contribution >= 4 is 17.6 Å². The van der Waals surface area contributed by atoms with Crippen molar-refractivity contribution in [3.63, 3.8) is 0 Å². The van der Waals surface area contributed by atoms with Gasteiger partial charge in [0.05, 0.1) is 6.54 Å². The van der Waals surface area contributed by atoms with Gasteiger partial charge in [0.2, 0.25) is 0 Å². The Labute approximate surface area is 130 Å². The van der Waals surface area contributed by atoms with Crippen LogP contribution in [-0.4, -0.2) is 61.0 Å². The van der Waals surface area contributed by atoms with Gasteiger partial charge in [0.1, 0.15) is 0 Å². The Morgan fingerprint density at radius 3 is 2.36 bits per heavy atom. The summed E-state index contributed by atoms with van der Waals surface area (Å²) in [6.07, 6.45) is 0. The molecule has 116 valence electrons. The Bertz CT molecular complexity index is 563. The van der Waals surface area contributed by atoms with Crippen LogP contribution >= 0.6 is 0 Å². The highest BCUT2D eigenvalue weighted by atomic mass is 16.2. The highest BCUT2D eigenvalue weighted by molar-refractivity contribution is 6.03. The number of hydrogen-bond donors (Lipinski definition) is 1. The SMILES string of the molecule is C=C(CN1CCN(c2ccccc2)CC1)N1C(=O)CNC1=O. The second kappa shape index (κ2) is 6.19. The van der Waals surface area contributed by atoms with Gasteiger partial charge < -0.3 is 10.2 Å². The summed E-state index contributed by atoms with van der Waals surface area (Å²) in [5.74, 6) is -0.224. The van der Waals surface area contributed by atoms with E-state index in [0.717, 1.165) is 31.1 Å². The third-order valence-electron chi connectivity index (χ3n) is 4.06. The van der Waals surface area contributed by atoms with E-state index in [4.69, 9.17) is 0 Å². The first-order valence-electron chi connectivity index (χ1n) is 7.46. The molecule has 1 aromatic rings. The molecule has 2 heterocycles. The first kappa shape index (κ1) is 14.6. The van der Waals surface area contributed by atoms with E-state index in [-0.39, 0.29) is 18.5 Å². The minimum atomic E-state index is -0.363. The van der Waals surface area contributed by atoms with E-state index >= 15 is 0 Å². The molecule has 3 rings (SSSR count). The van der Waals surface area contributed by atoms with Crippen LogP contribution in [0.5, 0.6) is 0 Å². The third kappa shape index (κ3) is 2.96. The molecule has 0 saturated carbocycles. The predicted octanol–water partition coefficient (Wildman–Crippen LogP) is 0.874. The molecule has 0 unspecified atom stereocenters. The van der Waals surface area contributed by atoms with Crippen molar-refractivity contribution in [1.29, 1.82) is 0 Å². The Hall–Kier alpha value is -2.34. The molecule has 6 heteroatoms. The van der Waals surface area contributed by atoms with E-state index in [1.54, 1.807) is 0 Å². The van der Waals surface area contributed by atoms with E-state index in [1.165, 1.54) is 5.69 Å².